The summed E-state index contributed by atoms with van der Waals surface area (Å²) in [6.45, 7) is 2.73. The number of hydrogen-bond acceptors (Lipinski definition) is 12. The number of carbonyl (C=O) groups excluding carboxylic acids is 1. The molecule has 1 amide bonds. The van der Waals surface area contributed by atoms with Crippen molar-refractivity contribution in [2.24, 2.45) is 0 Å². The van der Waals surface area contributed by atoms with E-state index in [4.69, 9.17) is 18.9 Å². The third-order valence-corrected chi connectivity index (χ3v) is 6.60. The Morgan fingerprint density at radius 2 is 1.70 bits per heavy atom. The van der Waals surface area contributed by atoms with Crippen molar-refractivity contribution in [3.05, 3.63) is 29.3 Å². The van der Waals surface area contributed by atoms with Crippen molar-refractivity contribution in [1.82, 2.24) is 5.32 Å². The zero-order chi connectivity index (χ0) is 26.3. The summed E-state index contributed by atoms with van der Waals surface area (Å²) in [4.78, 5) is 12.7. The van der Waals surface area contributed by atoms with Gasteiger partial charge < -0.3 is 60.0 Å². The number of aliphatic hydroxyl groups is 6. The maximum absolute atomic E-state index is 12.7. The standard InChI is InChI=1S/C23H31NO12.Y/c1-8(22(32)24-13-14(27)16(29)21-20(15(13)28)33-7-34-21)5-10-3-4-12(11(26)6-10)35-23-18(31)17(30)19(36-23)9(2)25;/h3-6,9,13-21,23,25-31H,7H2,1-2H3,(H,24,32);/b8-5+;/t9?,13-,14+,15-,16-,17+,18+,19-,20+,21-,23-;/m1./s1. The van der Waals surface area contributed by atoms with Crippen LogP contribution >= 0.6 is 0 Å². The van der Waals surface area contributed by atoms with E-state index in [-0.39, 0.29) is 56.6 Å². The minimum Gasteiger partial charge on any atom is -0.504 e. The molecule has 203 valence electrons. The second-order valence-electron chi connectivity index (χ2n) is 9.21. The number of nitrogens with one attached hydrogen (secondary N) is 1. The van der Waals surface area contributed by atoms with Gasteiger partial charge in [-0.25, -0.2) is 0 Å². The summed E-state index contributed by atoms with van der Waals surface area (Å²) in [7, 11) is 0. The molecular formula is C23H31NO12Y. The molecule has 2 saturated heterocycles. The first-order valence-electron chi connectivity index (χ1n) is 11.5. The quantitative estimate of drug-likeness (QED) is 0.157. The van der Waals surface area contributed by atoms with Gasteiger partial charge in [-0.3, -0.25) is 4.79 Å². The van der Waals surface area contributed by atoms with E-state index in [2.05, 4.69) is 5.32 Å². The van der Waals surface area contributed by atoms with Crippen molar-refractivity contribution in [2.45, 2.75) is 81.1 Å². The van der Waals surface area contributed by atoms with Crippen molar-refractivity contribution in [2.75, 3.05) is 6.79 Å². The Morgan fingerprint density at radius 1 is 1.05 bits per heavy atom. The number of hydrogen-bond donors (Lipinski definition) is 8. The van der Waals surface area contributed by atoms with Gasteiger partial charge >= 0.3 is 0 Å². The van der Waals surface area contributed by atoms with Crippen LogP contribution < -0.4 is 10.1 Å². The van der Waals surface area contributed by atoms with Gasteiger partial charge in [-0.15, -0.1) is 0 Å². The third kappa shape index (κ3) is 6.18. The van der Waals surface area contributed by atoms with Crippen molar-refractivity contribution < 1.29 is 92.2 Å². The maximum Gasteiger partial charge on any atom is 0.247 e. The SMILES string of the molecule is C/C(=C\c1ccc(O[C@@H]2O[C@H](C(C)O)[C@@H](O)[C@@H]2O)c(O)c1)C(=O)N[C@@H]1[C@H](O)[C@@H](O)[C@H]2OCO[C@H]2[C@@H]1O.[Y]. The zero-order valence-corrected chi connectivity index (χ0v) is 23.0. The molecule has 1 aliphatic carbocycles. The summed E-state index contributed by atoms with van der Waals surface area (Å²) >= 11 is 0. The van der Waals surface area contributed by atoms with Crippen molar-refractivity contribution in [1.29, 1.82) is 0 Å². The summed E-state index contributed by atoms with van der Waals surface area (Å²) in [5.74, 6) is -1.04. The van der Waals surface area contributed by atoms with Gasteiger partial charge in [-0.05, 0) is 37.6 Å². The van der Waals surface area contributed by atoms with Crippen LogP contribution in [-0.2, 0) is 51.7 Å². The summed E-state index contributed by atoms with van der Waals surface area (Å²) < 4.78 is 21.2. The number of ether oxygens (including phenoxy) is 4. The van der Waals surface area contributed by atoms with Gasteiger partial charge in [0.2, 0.25) is 12.2 Å². The Balaban J connectivity index is 0.00000380. The maximum atomic E-state index is 12.7. The van der Waals surface area contributed by atoms with Gasteiger partial charge in [0.25, 0.3) is 0 Å². The molecular weight excluding hydrogens is 571 g/mol. The molecule has 3 aliphatic rings. The van der Waals surface area contributed by atoms with Crippen LogP contribution in [0.2, 0.25) is 0 Å². The Hall–Kier alpha value is -1.23. The molecule has 11 atom stereocenters. The van der Waals surface area contributed by atoms with E-state index < -0.39 is 73.2 Å². The van der Waals surface area contributed by atoms with E-state index in [0.29, 0.717) is 5.56 Å². The molecule has 14 heteroatoms. The van der Waals surface area contributed by atoms with E-state index >= 15 is 0 Å². The van der Waals surface area contributed by atoms with E-state index in [0.717, 1.165) is 0 Å². The van der Waals surface area contributed by atoms with E-state index in [1.807, 2.05) is 0 Å². The molecule has 2 aliphatic heterocycles. The molecule has 1 unspecified atom stereocenters. The third-order valence-electron chi connectivity index (χ3n) is 6.60. The predicted octanol–water partition coefficient (Wildman–Crippen LogP) is -2.68. The molecule has 2 heterocycles. The fourth-order valence-corrected chi connectivity index (χ4v) is 4.55. The molecule has 0 bridgehead atoms. The van der Waals surface area contributed by atoms with E-state index in [1.165, 1.54) is 38.1 Å². The van der Waals surface area contributed by atoms with Crippen molar-refractivity contribution in [3.8, 4) is 11.5 Å². The molecule has 13 nitrogen and oxygen atoms in total. The number of benzene rings is 1. The average molecular weight is 602 g/mol. The van der Waals surface area contributed by atoms with Crippen LogP contribution in [0.1, 0.15) is 19.4 Å². The molecule has 1 radical (unpaired) electrons. The molecule has 1 aromatic rings. The van der Waals surface area contributed by atoms with Crippen LogP contribution in [-0.4, -0.2) is 116 Å². The van der Waals surface area contributed by atoms with E-state index in [1.54, 1.807) is 0 Å². The average Bonchev–Trinajstić information content (AvgIpc) is 3.43. The van der Waals surface area contributed by atoms with Crippen molar-refractivity contribution in [3.63, 3.8) is 0 Å². The number of aliphatic hydroxyl groups excluding tert-OH is 6. The summed E-state index contributed by atoms with van der Waals surface area (Å²) in [6.07, 6.45) is -10.8. The van der Waals surface area contributed by atoms with Gasteiger partial charge in [0.15, 0.2) is 11.5 Å². The monoisotopic (exact) mass is 602 g/mol. The number of rotatable bonds is 6. The van der Waals surface area contributed by atoms with Crippen molar-refractivity contribution >= 4 is 12.0 Å². The first kappa shape index (κ1) is 30.3. The second-order valence-corrected chi connectivity index (χ2v) is 9.21. The minimum atomic E-state index is -1.49. The number of fused-ring (bicyclic) bond motifs is 1. The van der Waals surface area contributed by atoms with Crippen LogP contribution in [0, 0.1) is 0 Å². The van der Waals surface area contributed by atoms with Gasteiger partial charge in [-0.2, -0.15) is 0 Å². The molecule has 8 N–H and O–H groups in total. The Labute approximate surface area is 237 Å². The summed E-state index contributed by atoms with van der Waals surface area (Å²) in [5.41, 5.74) is 0.569. The normalized spacial score (nSPS) is 38.4. The van der Waals surface area contributed by atoms with Crippen LogP contribution in [0.4, 0.5) is 0 Å². The second kappa shape index (κ2) is 12.3. The number of carbonyl (C=O) groups is 1. The van der Waals surface area contributed by atoms with E-state index in [9.17, 15) is 40.5 Å². The molecule has 0 spiro atoms. The van der Waals surface area contributed by atoms with Crippen LogP contribution in [0.25, 0.3) is 6.08 Å². The van der Waals surface area contributed by atoms with Gasteiger partial charge in [0, 0.05) is 38.3 Å². The van der Waals surface area contributed by atoms with Crippen LogP contribution in [0.15, 0.2) is 23.8 Å². The number of phenols is 1. The molecule has 1 saturated carbocycles. The Kier molecular flexibility index (Phi) is 10.1. The smallest absolute Gasteiger partial charge is 0.247 e. The number of phenolic OH excluding ortho intramolecular Hbond substituents is 1. The minimum absolute atomic E-state index is 0. The number of amides is 1. The molecule has 1 aromatic carbocycles. The fraction of sp³-hybridized carbons (Fsp3) is 0.609. The van der Waals surface area contributed by atoms with Gasteiger partial charge in [0.1, 0.15) is 55.6 Å². The molecule has 4 rings (SSSR count). The summed E-state index contributed by atoms with van der Waals surface area (Å²) in [5, 5.41) is 73.6. The first-order valence-corrected chi connectivity index (χ1v) is 11.5. The topological polar surface area (TPSA) is 208 Å². The number of aromatic hydroxyl groups is 1. The fourth-order valence-electron chi connectivity index (χ4n) is 4.55. The van der Waals surface area contributed by atoms with Crippen LogP contribution in [0.3, 0.4) is 0 Å². The summed E-state index contributed by atoms with van der Waals surface area (Å²) in [6, 6.07) is 2.96. The predicted molar refractivity (Wildman–Crippen MR) is 119 cm³/mol. The molecule has 37 heavy (non-hydrogen) atoms. The molecule has 3 fully saturated rings. The first-order chi connectivity index (χ1) is 17.0. The molecule has 0 aromatic heterocycles. The Morgan fingerprint density at radius 3 is 2.30 bits per heavy atom. The van der Waals surface area contributed by atoms with Gasteiger partial charge in [-0.1, -0.05) is 6.07 Å². The zero-order valence-electron chi connectivity index (χ0n) is 20.1. The van der Waals surface area contributed by atoms with Gasteiger partial charge in [0.05, 0.1) is 12.1 Å². The largest absolute Gasteiger partial charge is 0.504 e. The Bertz CT molecular complexity index is 992. The van der Waals surface area contributed by atoms with Crippen LogP contribution in [0.5, 0.6) is 11.5 Å².